The van der Waals surface area contributed by atoms with Crippen LogP contribution in [0, 0.1) is 5.92 Å². The zero-order valence-electron chi connectivity index (χ0n) is 12.1. The van der Waals surface area contributed by atoms with E-state index in [0.29, 0.717) is 5.75 Å². The molecule has 0 unspecified atom stereocenters. The number of primary amides is 1. The highest BCUT2D eigenvalue weighted by atomic mass is 16.5. The summed E-state index contributed by atoms with van der Waals surface area (Å²) >= 11 is 0. The normalized spacial score (nSPS) is 11.6. The van der Waals surface area contributed by atoms with E-state index in [1.165, 1.54) is 19.2 Å². The molecular weight excluding hydrogens is 276 g/mol. The van der Waals surface area contributed by atoms with Crippen LogP contribution in [0.5, 0.6) is 5.75 Å². The van der Waals surface area contributed by atoms with E-state index in [4.69, 9.17) is 15.2 Å². The average molecular weight is 294 g/mol. The van der Waals surface area contributed by atoms with Gasteiger partial charge in [-0.2, -0.15) is 0 Å². The lowest BCUT2D eigenvalue weighted by molar-refractivity contribution is -0.130. The molecule has 1 rings (SSSR count). The average Bonchev–Trinajstić information content (AvgIpc) is 2.43. The van der Waals surface area contributed by atoms with Crippen molar-refractivity contribution in [3.63, 3.8) is 0 Å². The molecule has 0 spiro atoms. The maximum atomic E-state index is 12.0. The fourth-order valence-corrected chi connectivity index (χ4v) is 1.60. The number of nitrogens with one attached hydrogen (secondary N) is 1. The summed E-state index contributed by atoms with van der Waals surface area (Å²) in [6, 6.07) is 5.25. The van der Waals surface area contributed by atoms with E-state index < -0.39 is 24.0 Å². The third-order valence-electron chi connectivity index (χ3n) is 2.67. The summed E-state index contributed by atoms with van der Waals surface area (Å²) in [5.74, 6) is -1.14. The van der Waals surface area contributed by atoms with Crippen LogP contribution in [0.1, 0.15) is 24.2 Å². The van der Waals surface area contributed by atoms with Gasteiger partial charge in [0.25, 0.3) is 5.91 Å². The van der Waals surface area contributed by atoms with Crippen LogP contribution in [-0.2, 0) is 9.53 Å². The van der Waals surface area contributed by atoms with Crippen molar-refractivity contribution in [3.05, 3.63) is 29.8 Å². The Morgan fingerprint density at radius 2 is 1.71 bits per heavy atom. The number of hydrogen-bond acceptors (Lipinski definition) is 5. The Balaban J connectivity index is 2.80. The van der Waals surface area contributed by atoms with Gasteiger partial charge in [0, 0.05) is 0 Å². The largest absolute Gasteiger partial charge is 0.497 e. The molecule has 3 amide bonds. The number of urea groups is 1. The Kier molecular flexibility index (Phi) is 5.71. The molecule has 114 valence electrons. The van der Waals surface area contributed by atoms with Crippen LogP contribution in [0.25, 0.3) is 0 Å². The maximum absolute atomic E-state index is 12.0. The van der Waals surface area contributed by atoms with Crippen LogP contribution >= 0.6 is 0 Å². The number of imide groups is 1. The van der Waals surface area contributed by atoms with Crippen LogP contribution < -0.4 is 15.8 Å². The molecule has 0 fully saturated rings. The number of rotatable bonds is 5. The predicted molar refractivity (Wildman–Crippen MR) is 74.8 cm³/mol. The molecule has 0 aliphatic rings. The fraction of sp³-hybridized carbons (Fsp3) is 0.357. The zero-order valence-corrected chi connectivity index (χ0v) is 12.1. The second-order valence-electron chi connectivity index (χ2n) is 4.65. The van der Waals surface area contributed by atoms with E-state index in [2.05, 4.69) is 0 Å². The standard InChI is InChI=1S/C14H18N2O5/c1-8(2)11(12(17)16-14(15)19)21-13(18)9-4-6-10(20-3)7-5-9/h4-8,11H,1-3H3,(H3,15,16,17,19)/t11-/m0/s1. The molecule has 0 bridgehead atoms. The number of nitrogens with two attached hydrogens (primary N) is 1. The molecule has 1 aromatic rings. The number of esters is 1. The van der Waals surface area contributed by atoms with Gasteiger partial charge in [-0.1, -0.05) is 13.8 Å². The molecule has 0 radical (unpaired) electrons. The van der Waals surface area contributed by atoms with Crippen LogP contribution in [-0.4, -0.2) is 31.1 Å². The van der Waals surface area contributed by atoms with Crippen molar-refractivity contribution < 1.29 is 23.9 Å². The quantitative estimate of drug-likeness (QED) is 0.790. The van der Waals surface area contributed by atoms with Crippen molar-refractivity contribution in [2.45, 2.75) is 20.0 Å². The minimum atomic E-state index is -1.10. The van der Waals surface area contributed by atoms with E-state index in [0.717, 1.165) is 0 Å². The highest BCUT2D eigenvalue weighted by molar-refractivity contribution is 5.98. The number of benzene rings is 1. The third kappa shape index (κ3) is 4.79. The van der Waals surface area contributed by atoms with Crippen LogP contribution in [0.4, 0.5) is 4.79 Å². The molecular formula is C14H18N2O5. The van der Waals surface area contributed by atoms with Crippen molar-refractivity contribution in [3.8, 4) is 5.75 Å². The van der Waals surface area contributed by atoms with Crippen molar-refractivity contribution in [2.75, 3.05) is 7.11 Å². The van der Waals surface area contributed by atoms with Gasteiger partial charge in [0.1, 0.15) is 5.75 Å². The minimum Gasteiger partial charge on any atom is -0.497 e. The summed E-state index contributed by atoms with van der Waals surface area (Å²) in [7, 11) is 1.51. The minimum absolute atomic E-state index is 0.272. The number of amides is 3. The van der Waals surface area contributed by atoms with Gasteiger partial charge in [-0.3, -0.25) is 10.1 Å². The summed E-state index contributed by atoms with van der Waals surface area (Å²) < 4.78 is 10.1. The molecule has 7 heteroatoms. The van der Waals surface area contributed by atoms with Crippen molar-refractivity contribution >= 4 is 17.9 Å². The van der Waals surface area contributed by atoms with Gasteiger partial charge in [-0.05, 0) is 30.2 Å². The molecule has 0 heterocycles. The first-order valence-corrected chi connectivity index (χ1v) is 6.30. The van der Waals surface area contributed by atoms with Gasteiger partial charge in [0.2, 0.25) is 0 Å². The van der Waals surface area contributed by atoms with Gasteiger partial charge in [-0.25, -0.2) is 9.59 Å². The smallest absolute Gasteiger partial charge is 0.338 e. The topological polar surface area (TPSA) is 108 Å². The van der Waals surface area contributed by atoms with Gasteiger partial charge in [-0.15, -0.1) is 0 Å². The zero-order chi connectivity index (χ0) is 16.0. The third-order valence-corrected chi connectivity index (χ3v) is 2.67. The molecule has 0 saturated heterocycles. The van der Waals surface area contributed by atoms with Gasteiger partial charge < -0.3 is 15.2 Å². The van der Waals surface area contributed by atoms with Gasteiger partial charge >= 0.3 is 12.0 Å². The number of carbonyl (C=O) groups excluding carboxylic acids is 3. The van der Waals surface area contributed by atoms with Gasteiger partial charge in [0.15, 0.2) is 6.10 Å². The number of methoxy groups -OCH3 is 1. The Hall–Kier alpha value is -2.57. The summed E-state index contributed by atoms with van der Waals surface area (Å²) in [6.45, 7) is 3.37. The molecule has 0 saturated carbocycles. The predicted octanol–water partition coefficient (Wildman–Crippen LogP) is 1.07. The summed E-state index contributed by atoms with van der Waals surface area (Å²) in [4.78, 5) is 34.4. The Morgan fingerprint density at radius 1 is 1.14 bits per heavy atom. The van der Waals surface area contributed by atoms with Crippen molar-refractivity contribution in [1.29, 1.82) is 0 Å². The van der Waals surface area contributed by atoms with E-state index in [1.54, 1.807) is 26.0 Å². The summed E-state index contributed by atoms with van der Waals surface area (Å²) in [5.41, 5.74) is 5.15. The molecule has 0 aliphatic carbocycles. The van der Waals surface area contributed by atoms with E-state index in [9.17, 15) is 14.4 Å². The van der Waals surface area contributed by atoms with Crippen LogP contribution in [0.2, 0.25) is 0 Å². The summed E-state index contributed by atoms with van der Waals surface area (Å²) in [5, 5.41) is 1.90. The Labute approximate surface area is 122 Å². The molecule has 21 heavy (non-hydrogen) atoms. The lowest BCUT2D eigenvalue weighted by atomic mass is 10.1. The first kappa shape index (κ1) is 16.5. The second kappa shape index (κ2) is 7.28. The molecule has 0 aromatic heterocycles. The molecule has 1 atom stereocenters. The molecule has 7 nitrogen and oxygen atoms in total. The number of ether oxygens (including phenoxy) is 2. The second-order valence-corrected chi connectivity index (χ2v) is 4.65. The first-order valence-electron chi connectivity index (χ1n) is 6.30. The molecule has 0 aliphatic heterocycles. The van der Waals surface area contributed by atoms with E-state index in [-0.39, 0.29) is 11.5 Å². The monoisotopic (exact) mass is 294 g/mol. The van der Waals surface area contributed by atoms with Crippen LogP contribution in [0.3, 0.4) is 0 Å². The highest BCUT2D eigenvalue weighted by Crippen LogP contribution is 2.15. The fourth-order valence-electron chi connectivity index (χ4n) is 1.60. The number of carbonyl (C=O) groups is 3. The maximum Gasteiger partial charge on any atom is 0.338 e. The Morgan fingerprint density at radius 3 is 2.14 bits per heavy atom. The Bertz CT molecular complexity index is 525. The van der Waals surface area contributed by atoms with E-state index >= 15 is 0 Å². The van der Waals surface area contributed by atoms with Gasteiger partial charge in [0.05, 0.1) is 12.7 Å². The molecule has 1 aromatic carbocycles. The SMILES string of the molecule is COc1ccc(C(=O)O[C@H](C(=O)NC(N)=O)C(C)C)cc1. The lowest BCUT2D eigenvalue weighted by Crippen LogP contribution is -2.45. The number of hydrogen-bond donors (Lipinski definition) is 2. The highest BCUT2D eigenvalue weighted by Gasteiger charge is 2.27. The first-order chi connectivity index (χ1) is 9.85. The molecule has 3 N–H and O–H groups in total. The van der Waals surface area contributed by atoms with Crippen molar-refractivity contribution in [1.82, 2.24) is 5.32 Å². The summed E-state index contributed by atoms with van der Waals surface area (Å²) in [6.07, 6.45) is -1.10. The lowest BCUT2D eigenvalue weighted by Gasteiger charge is -2.19. The van der Waals surface area contributed by atoms with Crippen molar-refractivity contribution in [2.24, 2.45) is 11.7 Å². The van der Waals surface area contributed by atoms with Crippen LogP contribution in [0.15, 0.2) is 24.3 Å². The van der Waals surface area contributed by atoms with E-state index in [1.807, 2.05) is 5.32 Å².